The Labute approximate surface area is 294 Å². The highest BCUT2D eigenvalue weighted by atomic mass is 32.2. The molecular formula is C34H41N5O9S2. The summed E-state index contributed by atoms with van der Waals surface area (Å²) in [7, 11) is -0.855. The van der Waals surface area contributed by atoms with Crippen molar-refractivity contribution < 1.29 is 42.1 Å². The number of fused-ring (bicyclic) bond motifs is 1. The molecule has 3 amide bonds. The summed E-state index contributed by atoms with van der Waals surface area (Å²) in [4.78, 5) is 52.8. The standard InChI is InChI=1S/C34H41N5O9S2/c1-7-18-16-34(18,32(43)38-50(44,45)20-10-11-20)37-29(41)23-13-19(17-39(23)31(42)28(40)33(2,3)4)48-30-27(26-9-8-12-49-26)35-21-14-24(46-5)25(47-6)15-22(21)36-30/h7-9,12,14-15,18-20,23,28,40H,1,10-11,13,16-17H2,2-6H3,(H,37,41)(H,38,43)/t18-,19-,23+,28-,34-/m1/s1. The maximum Gasteiger partial charge on any atom is 0.259 e. The Hall–Kier alpha value is -4.28. The maximum absolute atomic E-state index is 14.1. The Morgan fingerprint density at radius 3 is 2.34 bits per heavy atom. The normalized spacial score (nSPS) is 24.0. The quantitative estimate of drug-likeness (QED) is 0.233. The molecule has 268 valence electrons. The molecule has 3 heterocycles. The van der Waals surface area contributed by atoms with E-state index in [1.54, 1.807) is 32.9 Å². The first-order valence-electron chi connectivity index (χ1n) is 16.2. The van der Waals surface area contributed by atoms with Gasteiger partial charge in [0, 0.05) is 24.5 Å². The smallest absolute Gasteiger partial charge is 0.259 e. The number of aliphatic hydroxyl groups excluding tert-OH is 1. The average Bonchev–Trinajstić information content (AvgIpc) is 3.95. The molecule has 2 saturated carbocycles. The lowest BCUT2D eigenvalue weighted by Gasteiger charge is -2.32. The van der Waals surface area contributed by atoms with Gasteiger partial charge in [-0.3, -0.25) is 19.1 Å². The van der Waals surface area contributed by atoms with Gasteiger partial charge in [0.25, 0.3) is 11.8 Å². The number of hydrogen-bond donors (Lipinski definition) is 3. The third kappa shape index (κ3) is 6.75. The number of benzene rings is 1. The predicted molar refractivity (Wildman–Crippen MR) is 185 cm³/mol. The van der Waals surface area contributed by atoms with Gasteiger partial charge in [0.2, 0.25) is 21.8 Å². The number of ether oxygens (including phenoxy) is 3. The molecule has 2 aliphatic carbocycles. The highest BCUT2D eigenvalue weighted by Gasteiger charge is 2.62. The molecule has 1 saturated heterocycles. The van der Waals surface area contributed by atoms with Crippen LogP contribution in [0, 0.1) is 11.3 Å². The molecule has 0 bridgehead atoms. The maximum atomic E-state index is 14.1. The first kappa shape index (κ1) is 35.5. The van der Waals surface area contributed by atoms with Crippen LogP contribution in [-0.2, 0) is 24.4 Å². The Morgan fingerprint density at radius 1 is 1.14 bits per heavy atom. The summed E-state index contributed by atoms with van der Waals surface area (Å²) >= 11 is 1.43. The number of carbonyl (C=O) groups excluding carboxylic acids is 3. The minimum Gasteiger partial charge on any atom is -0.493 e. The Balaban J connectivity index is 1.32. The summed E-state index contributed by atoms with van der Waals surface area (Å²) in [5.74, 6) is -1.66. The van der Waals surface area contributed by atoms with E-state index in [4.69, 9.17) is 24.2 Å². The van der Waals surface area contributed by atoms with E-state index in [1.165, 1.54) is 36.5 Å². The fraction of sp³-hybridized carbons (Fsp3) is 0.500. The van der Waals surface area contributed by atoms with Crippen molar-refractivity contribution in [1.29, 1.82) is 0 Å². The van der Waals surface area contributed by atoms with Crippen LogP contribution in [0.4, 0.5) is 0 Å². The Kier molecular flexibility index (Phi) is 9.33. The predicted octanol–water partition coefficient (Wildman–Crippen LogP) is 2.80. The highest BCUT2D eigenvalue weighted by molar-refractivity contribution is 7.91. The van der Waals surface area contributed by atoms with Crippen LogP contribution in [0.1, 0.15) is 46.5 Å². The molecule has 0 unspecified atom stereocenters. The van der Waals surface area contributed by atoms with E-state index in [2.05, 4.69) is 16.6 Å². The van der Waals surface area contributed by atoms with Crippen LogP contribution in [0.25, 0.3) is 21.6 Å². The van der Waals surface area contributed by atoms with Gasteiger partial charge in [-0.15, -0.1) is 17.9 Å². The van der Waals surface area contributed by atoms with Crippen molar-refractivity contribution in [2.75, 3.05) is 20.8 Å². The molecule has 0 spiro atoms. The first-order valence-corrected chi connectivity index (χ1v) is 18.7. The van der Waals surface area contributed by atoms with Gasteiger partial charge in [0.05, 0.1) is 41.9 Å². The zero-order valence-electron chi connectivity index (χ0n) is 28.5. The molecule has 2 aromatic heterocycles. The van der Waals surface area contributed by atoms with Crippen molar-refractivity contribution in [3.8, 4) is 28.0 Å². The van der Waals surface area contributed by atoms with Crippen molar-refractivity contribution >= 4 is 50.1 Å². The number of nitrogens with zero attached hydrogens (tertiary/aromatic N) is 3. The number of sulfonamides is 1. The zero-order chi connectivity index (χ0) is 36.2. The molecule has 3 aromatic rings. The lowest BCUT2D eigenvalue weighted by molar-refractivity contribution is -0.150. The van der Waals surface area contributed by atoms with E-state index in [9.17, 15) is 27.9 Å². The minimum atomic E-state index is -3.89. The largest absolute Gasteiger partial charge is 0.493 e. The summed E-state index contributed by atoms with van der Waals surface area (Å²) in [6, 6.07) is 5.96. The van der Waals surface area contributed by atoms with Crippen LogP contribution in [0.3, 0.4) is 0 Å². The SMILES string of the molecule is C=C[C@@H]1C[C@]1(NC(=O)[C@@H]1C[C@@H](Oc2nc3cc(OC)c(OC)cc3nc2-c2cccs2)CN1C(=O)[C@@H](O)C(C)(C)C)C(=O)NS(=O)(=O)C1CC1. The van der Waals surface area contributed by atoms with Gasteiger partial charge in [-0.05, 0) is 36.1 Å². The number of aliphatic hydroxyl groups is 1. The fourth-order valence-electron chi connectivity index (χ4n) is 6.10. The van der Waals surface area contributed by atoms with E-state index < -0.39 is 68.1 Å². The van der Waals surface area contributed by atoms with Crippen LogP contribution in [0.5, 0.6) is 17.4 Å². The fourth-order valence-corrected chi connectivity index (χ4v) is 8.17. The van der Waals surface area contributed by atoms with Crippen LogP contribution in [0.2, 0.25) is 0 Å². The van der Waals surface area contributed by atoms with Crippen LogP contribution >= 0.6 is 11.3 Å². The third-order valence-electron chi connectivity index (χ3n) is 9.32. The van der Waals surface area contributed by atoms with Gasteiger partial charge in [-0.2, -0.15) is 0 Å². The van der Waals surface area contributed by atoms with Crippen molar-refractivity contribution in [3.63, 3.8) is 0 Å². The van der Waals surface area contributed by atoms with E-state index in [1.807, 2.05) is 17.5 Å². The van der Waals surface area contributed by atoms with E-state index in [0.29, 0.717) is 41.1 Å². The Morgan fingerprint density at radius 2 is 1.80 bits per heavy atom. The van der Waals surface area contributed by atoms with Gasteiger partial charge < -0.3 is 29.5 Å². The van der Waals surface area contributed by atoms with Crippen LogP contribution in [-0.4, -0.2) is 95.9 Å². The number of likely N-dealkylation sites (tertiary alicyclic amines) is 1. The molecule has 50 heavy (non-hydrogen) atoms. The van der Waals surface area contributed by atoms with Crippen molar-refractivity contribution in [2.45, 2.75) is 75.5 Å². The first-order chi connectivity index (χ1) is 23.6. The molecule has 16 heteroatoms. The van der Waals surface area contributed by atoms with Crippen molar-refractivity contribution in [2.24, 2.45) is 11.3 Å². The highest BCUT2D eigenvalue weighted by Crippen LogP contribution is 2.46. The number of aromatic nitrogens is 2. The lowest BCUT2D eigenvalue weighted by atomic mass is 9.88. The number of hydrogen-bond acceptors (Lipinski definition) is 12. The summed E-state index contributed by atoms with van der Waals surface area (Å²) < 4.78 is 44.7. The van der Waals surface area contributed by atoms with Crippen LogP contribution < -0.4 is 24.2 Å². The summed E-state index contributed by atoms with van der Waals surface area (Å²) in [6.07, 6.45) is 0.310. The molecule has 1 aliphatic heterocycles. The second-order valence-corrected chi connectivity index (χ2v) is 16.9. The second-order valence-electron chi connectivity index (χ2n) is 14.0. The van der Waals surface area contributed by atoms with E-state index in [0.717, 1.165) is 4.88 Å². The molecule has 5 atom stereocenters. The molecule has 14 nitrogen and oxygen atoms in total. The Bertz CT molecular complexity index is 1940. The number of rotatable bonds is 12. The van der Waals surface area contributed by atoms with Gasteiger partial charge in [0.1, 0.15) is 29.5 Å². The lowest BCUT2D eigenvalue weighted by Crippen LogP contribution is -2.57. The zero-order valence-corrected chi connectivity index (χ0v) is 30.1. The van der Waals surface area contributed by atoms with E-state index in [-0.39, 0.29) is 25.3 Å². The summed E-state index contributed by atoms with van der Waals surface area (Å²) in [5, 5.41) is 15.0. The van der Waals surface area contributed by atoms with Gasteiger partial charge >= 0.3 is 0 Å². The van der Waals surface area contributed by atoms with Gasteiger partial charge in [-0.1, -0.05) is 32.9 Å². The van der Waals surface area contributed by atoms with Crippen molar-refractivity contribution in [3.05, 3.63) is 42.3 Å². The van der Waals surface area contributed by atoms with Crippen molar-refractivity contribution in [1.82, 2.24) is 24.9 Å². The molecule has 1 aromatic carbocycles. The summed E-state index contributed by atoms with van der Waals surface area (Å²) in [5.41, 5.74) is -0.969. The number of thiophene rings is 1. The topological polar surface area (TPSA) is 186 Å². The van der Waals surface area contributed by atoms with E-state index >= 15 is 0 Å². The van der Waals surface area contributed by atoms with Gasteiger partial charge in [-0.25, -0.2) is 18.4 Å². The average molecular weight is 728 g/mol. The monoisotopic (exact) mass is 727 g/mol. The number of nitrogens with one attached hydrogen (secondary N) is 2. The summed E-state index contributed by atoms with van der Waals surface area (Å²) in [6.45, 7) is 8.77. The number of methoxy groups -OCH3 is 2. The molecule has 6 rings (SSSR count). The molecular weight excluding hydrogens is 687 g/mol. The third-order valence-corrected chi connectivity index (χ3v) is 12.0. The molecule has 0 radical (unpaired) electrons. The van der Waals surface area contributed by atoms with Gasteiger partial charge in [0.15, 0.2) is 11.5 Å². The molecule has 3 N–H and O–H groups in total. The molecule has 3 aliphatic rings. The number of carbonyl (C=O) groups is 3. The molecule has 3 fully saturated rings. The van der Waals surface area contributed by atoms with Crippen LogP contribution in [0.15, 0.2) is 42.3 Å². The second kappa shape index (κ2) is 13.1. The minimum absolute atomic E-state index is 0.0131. The number of amides is 3.